The smallest absolute Gasteiger partial charge is 0.271 e. The van der Waals surface area contributed by atoms with Crippen molar-refractivity contribution in [2.24, 2.45) is 5.73 Å². The van der Waals surface area contributed by atoms with Gasteiger partial charge in [-0.1, -0.05) is 13.8 Å². The Bertz CT molecular complexity index is 380. The van der Waals surface area contributed by atoms with E-state index in [1.165, 1.54) is 11.3 Å². The zero-order valence-electron chi connectivity index (χ0n) is 10.9. The van der Waals surface area contributed by atoms with E-state index in [0.717, 1.165) is 5.01 Å². The highest BCUT2D eigenvalue weighted by atomic mass is 32.1. The van der Waals surface area contributed by atoms with Crippen LogP contribution in [0.2, 0.25) is 0 Å². The Kier molecular flexibility index (Phi) is 5.71. The summed E-state index contributed by atoms with van der Waals surface area (Å²) in [4.78, 5) is 16.3. The van der Waals surface area contributed by atoms with Crippen LogP contribution in [0.4, 0.5) is 0 Å². The zero-order chi connectivity index (χ0) is 13.6. The molecule has 0 aliphatic heterocycles. The molecule has 1 aromatic heterocycles. The van der Waals surface area contributed by atoms with Crippen molar-refractivity contribution in [3.63, 3.8) is 0 Å². The predicted octanol–water partition coefficient (Wildman–Crippen LogP) is 0.925. The molecule has 1 aromatic rings. The number of rotatable bonds is 7. The second-order valence-corrected chi connectivity index (χ2v) is 5.21. The highest BCUT2D eigenvalue weighted by molar-refractivity contribution is 7.09. The van der Waals surface area contributed by atoms with Gasteiger partial charge in [0.05, 0.1) is 17.2 Å². The van der Waals surface area contributed by atoms with E-state index >= 15 is 0 Å². The van der Waals surface area contributed by atoms with E-state index in [0.29, 0.717) is 31.5 Å². The highest BCUT2D eigenvalue weighted by Crippen LogP contribution is 2.16. The molecule has 1 amide bonds. The second kappa shape index (κ2) is 6.82. The summed E-state index contributed by atoms with van der Waals surface area (Å²) in [7, 11) is 0. The first kappa shape index (κ1) is 15.1. The Balaban J connectivity index is 2.74. The lowest BCUT2D eigenvalue weighted by molar-refractivity contribution is 0.0813. The van der Waals surface area contributed by atoms with Crippen molar-refractivity contribution in [3.8, 4) is 0 Å². The van der Waals surface area contributed by atoms with Gasteiger partial charge in [0, 0.05) is 11.8 Å². The molecule has 6 heteroatoms. The van der Waals surface area contributed by atoms with Crippen LogP contribution in [0.5, 0.6) is 0 Å². The topological polar surface area (TPSA) is 88.2 Å². The minimum Gasteiger partial charge on any atom is -0.394 e. The van der Waals surface area contributed by atoms with E-state index in [-0.39, 0.29) is 12.5 Å². The maximum Gasteiger partial charge on any atom is 0.271 e. The summed E-state index contributed by atoms with van der Waals surface area (Å²) < 4.78 is 0. The van der Waals surface area contributed by atoms with Crippen molar-refractivity contribution < 1.29 is 9.90 Å². The standard InChI is InChI=1S/C12H21N3O2S/c1-3-12(4-2,8-16)15-11(17)9-7-18-10(14-9)5-6-13/h7,16H,3-6,8,13H2,1-2H3,(H,15,17). The Hall–Kier alpha value is -0.980. The number of carbonyl (C=O) groups excluding carboxylic acids is 1. The monoisotopic (exact) mass is 271 g/mol. The lowest BCUT2D eigenvalue weighted by atomic mass is 9.94. The van der Waals surface area contributed by atoms with Gasteiger partial charge in [0.1, 0.15) is 5.69 Å². The first-order chi connectivity index (χ1) is 8.60. The molecular formula is C12H21N3O2S. The van der Waals surface area contributed by atoms with E-state index in [9.17, 15) is 9.90 Å². The van der Waals surface area contributed by atoms with Crippen molar-refractivity contribution in [1.82, 2.24) is 10.3 Å². The molecule has 0 bridgehead atoms. The van der Waals surface area contributed by atoms with Gasteiger partial charge < -0.3 is 16.2 Å². The zero-order valence-corrected chi connectivity index (χ0v) is 11.7. The summed E-state index contributed by atoms with van der Waals surface area (Å²) in [5.41, 5.74) is 5.30. The van der Waals surface area contributed by atoms with Gasteiger partial charge in [-0.2, -0.15) is 0 Å². The van der Waals surface area contributed by atoms with Crippen LogP contribution >= 0.6 is 11.3 Å². The Labute approximate surface area is 111 Å². The van der Waals surface area contributed by atoms with Crippen molar-refractivity contribution in [2.75, 3.05) is 13.2 Å². The molecule has 5 nitrogen and oxygen atoms in total. The van der Waals surface area contributed by atoms with Crippen LogP contribution in [0, 0.1) is 0 Å². The van der Waals surface area contributed by atoms with E-state index in [4.69, 9.17) is 5.73 Å². The largest absolute Gasteiger partial charge is 0.394 e. The minimum atomic E-state index is -0.547. The average Bonchev–Trinajstić information content (AvgIpc) is 2.85. The first-order valence-electron chi connectivity index (χ1n) is 6.18. The highest BCUT2D eigenvalue weighted by Gasteiger charge is 2.28. The van der Waals surface area contributed by atoms with Crippen LogP contribution in [0.15, 0.2) is 5.38 Å². The summed E-state index contributed by atoms with van der Waals surface area (Å²) in [6.45, 7) is 4.35. The molecule has 0 aromatic carbocycles. The molecular weight excluding hydrogens is 250 g/mol. The van der Waals surface area contributed by atoms with Gasteiger partial charge in [-0.3, -0.25) is 4.79 Å². The van der Waals surface area contributed by atoms with Crippen molar-refractivity contribution in [3.05, 3.63) is 16.1 Å². The van der Waals surface area contributed by atoms with Crippen molar-refractivity contribution >= 4 is 17.2 Å². The summed E-state index contributed by atoms with van der Waals surface area (Å²) in [6, 6.07) is 0. The maximum atomic E-state index is 12.0. The Morgan fingerprint density at radius 2 is 2.22 bits per heavy atom. The number of aromatic nitrogens is 1. The fourth-order valence-electron chi connectivity index (χ4n) is 1.65. The number of aliphatic hydroxyl groups excluding tert-OH is 1. The Morgan fingerprint density at radius 3 is 2.72 bits per heavy atom. The third-order valence-electron chi connectivity index (χ3n) is 3.18. The van der Waals surface area contributed by atoms with Gasteiger partial charge in [-0.05, 0) is 19.4 Å². The molecule has 18 heavy (non-hydrogen) atoms. The van der Waals surface area contributed by atoms with Gasteiger partial charge in [0.15, 0.2) is 0 Å². The molecule has 0 unspecified atom stereocenters. The lowest BCUT2D eigenvalue weighted by Crippen LogP contribution is -2.50. The maximum absolute atomic E-state index is 12.0. The number of hydrogen-bond acceptors (Lipinski definition) is 5. The third kappa shape index (κ3) is 3.51. The van der Waals surface area contributed by atoms with E-state index in [1.54, 1.807) is 5.38 Å². The molecule has 0 saturated heterocycles. The van der Waals surface area contributed by atoms with E-state index < -0.39 is 5.54 Å². The van der Waals surface area contributed by atoms with Gasteiger partial charge >= 0.3 is 0 Å². The number of carbonyl (C=O) groups is 1. The van der Waals surface area contributed by atoms with Crippen LogP contribution in [0.1, 0.15) is 42.2 Å². The molecule has 0 spiro atoms. The summed E-state index contributed by atoms with van der Waals surface area (Å²) in [5, 5.41) is 14.9. The SMILES string of the molecule is CCC(CC)(CO)NC(=O)c1csc(CCN)n1. The second-order valence-electron chi connectivity index (χ2n) is 4.26. The van der Waals surface area contributed by atoms with Gasteiger partial charge in [0.25, 0.3) is 5.91 Å². The fourth-order valence-corrected chi connectivity index (χ4v) is 2.44. The molecule has 0 atom stereocenters. The van der Waals surface area contributed by atoms with Crippen molar-refractivity contribution in [1.29, 1.82) is 0 Å². The van der Waals surface area contributed by atoms with Crippen LogP contribution < -0.4 is 11.1 Å². The quantitative estimate of drug-likeness (QED) is 0.688. The molecule has 0 saturated carbocycles. The number of nitrogens with one attached hydrogen (secondary N) is 1. The molecule has 102 valence electrons. The third-order valence-corrected chi connectivity index (χ3v) is 4.09. The fraction of sp³-hybridized carbons (Fsp3) is 0.667. The van der Waals surface area contributed by atoms with Gasteiger partial charge in [0.2, 0.25) is 0 Å². The minimum absolute atomic E-state index is 0.0640. The summed E-state index contributed by atoms with van der Waals surface area (Å²) >= 11 is 1.44. The number of hydrogen-bond donors (Lipinski definition) is 3. The van der Waals surface area contributed by atoms with Crippen LogP contribution in [0.25, 0.3) is 0 Å². The van der Waals surface area contributed by atoms with Crippen molar-refractivity contribution in [2.45, 2.75) is 38.6 Å². The van der Waals surface area contributed by atoms with Crippen LogP contribution in [-0.4, -0.2) is 34.7 Å². The number of nitrogens with two attached hydrogens (primary N) is 1. The molecule has 0 radical (unpaired) electrons. The van der Waals surface area contributed by atoms with Gasteiger partial charge in [-0.15, -0.1) is 11.3 Å². The Morgan fingerprint density at radius 1 is 1.56 bits per heavy atom. The van der Waals surface area contributed by atoms with Crippen LogP contribution in [0.3, 0.4) is 0 Å². The number of amides is 1. The van der Waals surface area contributed by atoms with E-state index in [1.807, 2.05) is 13.8 Å². The molecule has 1 rings (SSSR count). The summed E-state index contributed by atoms with van der Waals surface area (Å²) in [6.07, 6.45) is 2.06. The molecule has 0 aliphatic carbocycles. The predicted molar refractivity (Wildman–Crippen MR) is 72.7 cm³/mol. The van der Waals surface area contributed by atoms with Crippen LogP contribution in [-0.2, 0) is 6.42 Å². The van der Waals surface area contributed by atoms with Gasteiger partial charge in [-0.25, -0.2) is 4.98 Å². The number of aliphatic hydroxyl groups is 1. The number of thiazole rings is 1. The molecule has 1 heterocycles. The molecule has 4 N–H and O–H groups in total. The number of nitrogens with zero attached hydrogens (tertiary/aromatic N) is 1. The average molecular weight is 271 g/mol. The molecule has 0 fully saturated rings. The normalized spacial score (nSPS) is 11.6. The van der Waals surface area contributed by atoms with E-state index in [2.05, 4.69) is 10.3 Å². The molecule has 0 aliphatic rings. The summed E-state index contributed by atoms with van der Waals surface area (Å²) in [5.74, 6) is -0.229. The lowest BCUT2D eigenvalue weighted by Gasteiger charge is -2.30. The first-order valence-corrected chi connectivity index (χ1v) is 7.06.